The molecule has 2 heterocycles. The predicted octanol–water partition coefficient (Wildman–Crippen LogP) is 2.48. The number of aromatic nitrogens is 4. The monoisotopic (exact) mass is 426 g/mol. The summed E-state index contributed by atoms with van der Waals surface area (Å²) >= 11 is 0. The molecule has 30 heavy (non-hydrogen) atoms. The van der Waals surface area contributed by atoms with Crippen LogP contribution in [0, 0.1) is 0 Å². The number of nitrogens with zero attached hydrogens (tertiary/aromatic N) is 5. The van der Waals surface area contributed by atoms with Crippen molar-refractivity contribution in [3.05, 3.63) is 60.4 Å². The predicted molar refractivity (Wildman–Crippen MR) is 111 cm³/mol. The number of carbonyl (C=O) groups excluding carboxylic acids is 1. The third kappa shape index (κ3) is 4.39. The molecular weight excluding hydrogens is 404 g/mol. The highest BCUT2D eigenvalue weighted by Crippen LogP contribution is 2.22. The van der Waals surface area contributed by atoms with Gasteiger partial charge in [0.1, 0.15) is 6.33 Å². The molecule has 1 aromatic heterocycles. The number of hydrogen-bond donors (Lipinski definition) is 1. The van der Waals surface area contributed by atoms with Gasteiger partial charge in [0.05, 0.1) is 10.6 Å². The molecule has 2 aromatic carbocycles. The number of nitrogens with one attached hydrogen (secondary N) is 1. The first-order chi connectivity index (χ1) is 14.5. The van der Waals surface area contributed by atoms with Crippen LogP contribution >= 0.6 is 0 Å². The molecule has 0 radical (unpaired) electrons. The van der Waals surface area contributed by atoms with Gasteiger partial charge in [-0.3, -0.25) is 4.79 Å². The SMILES string of the molecule is O=C(Nc1cccc(-n2cnnn2)c1)c1cccc(S(=O)(=O)N2CCCCCC2)c1. The molecule has 1 aliphatic heterocycles. The van der Waals surface area contributed by atoms with Crippen molar-refractivity contribution in [3.8, 4) is 5.69 Å². The molecule has 1 saturated heterocycles. The standard InChI is InChI=1S/C20H22N6O3S/c27-20(22-17-8-6-9-18(14-17)26-15-21-23-24-26)16-7-5-10-19(13-16)30(28,29)25-11-3-1-2-4-12-25/h5-10,13-15H,1-4,11-12H2,(H,22,27). The number of rotatable bonds is 5. The Morgan fingerprint density at radius 1 is 0.967 bits per heavy atom. The first-order valence-electron chi connectivity index (χ1n) is 9.79. The van der Waals surface area contributed by atoms with Crippen LogP contribution in [0.2, 0.25) is 0 Å². The lowest BCUT2D eigenvalue weighted by atomic mass is 10.2. The molecule has 0 atom stereocenters. The van der Waals surface area contributed by atoms with E-state index in [0.29, 0.717) is 24.5 Å². The highest BCUT2D eigenvalue weighted by Gasteiger charge is 2.25. The maximum absolute atomic E-state index is 13.0. The molecule has 10 heteroatoms. The largest absolute Gasteiger partial charge is 0.322 e. The second-order valence-corrected chi connectivity index (χ2v) is 9.04. The third-order valence-corrected chi connectivity index (χ3v) is 6.91. The summed E-state index contributed by atoms with van der Waals surface area (Å²) in [5.41, 5.74) is 1.52. The van der Waals surface area contributed by atoms with E-state index in [1.54, 1.807) is 36.4 Å². The van der Waals surface area contributed by atoms with Crippen LogP contribution in [0.4, 0.5) is 5.69 Å². The molecule has 0 aliphatic carbocycles. The second kappa shape index (κ2) is 8.72. The lowest BCUT2D eigenvalue weighted by Gasteiger charge is -2.20. The molecule has 3 aromatic rings. The van der Waals surface area contributed by atoms with E-state index in [2.05, 4.69) is 20.8 Å². The van der Waals surface area contributed by atoms with Gasteiger partial charge in [-0.05, 0) is 59.7 Å². The number of anilines is 1. The molecular formula is C20H22N6O3S. The second-order valence-electron chi connectivity index (χ2n) is 7.10. The topological polar surface area (TPSA) is 110 Å². The Kier molecular flexibility index (Phi) is 5.86. The number of hydrogen-bond acceptors (Lipinski definition) is 6. The van der Waals surface area contributed by atoms with Crippen LogP contribution in [0.15, 0.2) is 59.8 Å². The molecule has 0 unspecified atom stereocenters. The van der Waals surface area contributed by atoms with E-state index in [-0.39, 0.29) is 10.5 Å². The van der Waals surface area contributed by atoms with Crippen LogP contribution in [0.1, 0.15) is 36.0 Å². The van der Waals surface area contributed by atoms with E-state index in [0.717, 1.165) is 25.7 Å². The number of carbonyl (C=O) groups is 1. The van der Waals surface area contributed by atoms with Crippen LogP contribution in [0.25, 0.3) is 5.69 Å². The van der Waals surface area contributed by atoms with E-state index < -0.39 is 15.9 Å². The van der Waals surface area contributed by atoms with E-state index in [4.69, 9.17) is 0 Å². The summed E-state index contributed by atoms with van der Waals surface area (Å²) in [4.78, 5) is 12.9. The van der Waals surface area contributed by atoms with E-state index in [1.165, 1.54) is 27.4 Å². The minimum Gasteiger partial charge on any atom is -0.322 e. The van der Waals surface area contributed by atoms with Gasteiger partial charge in [0, 0.05) is 24.3 Å². The van der Waals surface area contributed by atoms with Crippen LogP contribution < -0.4 is 5.32 Å². The van der Waals surface area contributed by atoms with Crippen molar-refractivity contribution in [2.45, 2.75) is 30.6 Å². The fourth-order valence-corrected chi connectivity index (χ4v) is 5.00. The minimum absolute atomic E-state index is 0.138. The lowest BCUT2D eigenvalue weighted by Crippen LogP contribution is -2.32. The van der Waals surface area contributed by atoms with Crippen molar-refractivity contribution in [2.24, 2.45) is 0 Å². The van der Waals surface area contributed by atoms with Gasteiger partial charge < -0.3 is 5.32 Å². The number of amides is 1. The molecule has 1 amide bonds. The van der Waals surface area contributed by atoms with Gasteiger partial charge >= 0.3 is 0 Å². The zero-order chi connectivity index (χ0) is 21.0. The zero-order valence-electron chi connectivity index (χ0n) is 16.3. The summed E-state index contributed by atoms with van der Waals surface area (Å²) in [6, 6.07) is 13.2. The molecule has 4 rings (SSSR count). The van der Waals surface area contributed by atoms with Crippen LogP contribution in [0.3, 0.4) is 0 Å². The van der Waals surface area contributed by atoms with Crippen molar-refractivity contribution in [2.75, 3.05) is 18.4 Å². The molecule has 0 saturated carbocycles. The molecule has 0 spiro atoms. The molecule has 156 valence electrons. The number of sulfonamides is 1. The Balaban J connectivity index is 1.54. The number of tetrazole rings is 1. The van der Waals surface area contributed by atoms with Crippen molar-refractivity contribution in [1.82, 2.24) is 24.5 Å². The molecule has 0 bridgehead atoms. The summed E-state index contributed by atoms with van der Waals surface area (Å²) in [5.74, 6) is -0.392. The highest BCUT2D eigenvalue weighted by atomic mass is 32.2. The van der Waals surface area contributed by atoms with Gasteiger partial charge in [-0.25, -0.2) is 13.1 Å². The molecule has 1 fully saturated rings. The first-order valence-corrected chi connectivity index (χ1v) is 11.2. The van der Waals surface area contributed by atoms with Crippen molar-refractivity contribution in [3.63, 3.8) is 0 Å². The Labute approximate surface area is 174 Å². The smallest absolute Gasteiger partial charge is 0.255 e. The van der Waals surface area contributed by atoms with Crippen molar-refractivity contribution < 1.29 is 13.2 Å². The van der Waals surface area contributed by atoms with Gasteiger partial charge in [0.2, 0.25) is 10.0 Å². The lowest BCUT2D eigenvalue weighted by molar-refractivity contribution is 0.102. The quantitative estimate of drug-likeness (QED) is 0.671. The summed E-state index contributed by atoms with van der Waals surface area (Å²) in [5, 5.41) is 13.8. The van der Waals surface area contributed by atoms with E-state index in [1.807, 2.05) is 0 Å². The van der Waals surface area contributed by atoms with Crippen LogP contribution in [0.5, 0.6) is 0 Å². The Hall–Kier alpha value is -3.11. The summed E-state index contributed by atoms with van der Waals surface area (Å²) in [7, 11) is -3.62. The summed E-state index contributed by atoms with van der Waals surface area (Å²) in [6.07, 6.45) is 5.25. The summed E-state index contributed by atoms with van der Waals surface area (Å²) in [6.45, 7) is 1.03. The molecule has 9 nitrogen and oxygen atoms in total. The van der Waals surface area contributed by atoms with Gasteiger partial charge in [-0.1, -0.05) is 25.0 Å². The Morgan fingerprint density at radius 2 is 1.73 bits per heavy atom. The molecule has 1 N–H and O–H groups in total. The van der Waals surface area contributed by atoms with Gasteiger partial charge in [-0.2, -0.15) is 4.31 Å². The highest BCUT2D eigenvalue weighted by molar-refractivity contribution is 7.89. The third-order valence-electron chi connectivity index (χ3n) is 5.02. The fourth-order valence-electron chi connectivity index (χ4n) is 3.44. The van der Waals surface area contributed by atoms with Gasteiger partial charge in [0.15, 0.2) is 0 Å². The van der Waals surface area contributed by atoms with Crippen LogP contribution in [-0.4, -0.2) is 51.9 Å². The fraction of sp³-hybridized carbons (Fsp3) is 0.300. The zero-order valence-corrected chi connectivity index (χ0v) is 17.1. The van der Waals surface area contributed by atoms with Crippen molar-refractivity contribution >= 4 is 21.6 Å². The Morgan fingerprint density at radius 3 is 2.47 bits per heavy atom. The maximum atomic E-state index is 13.0. The maximum Gasteiger partial charge on any atom is 0.255 e. The average molecular weight is 427 g/mol. The average Bonchev–Trinajstić information content (AvgIpc) is 3.16. The van der Waals surface area contributed by atoms with Crippen molar-refractivity contribution in [1.29, 1.82) is 0 Å². The van der Waals surface area contributed by atoms with Crippen LogP contribution in [-0.2, 0) is 10.0 Å². The molecule has 1 aliphatic rings. The van der Waals surface area contributed by atoms with Gasteiger partial charge in [-0.15, -0.1) is 5.10 Å². The summed E-state index contributed by atoms with van der Waals surface area (Å²) < 4.78 is 29.0. The Bertz CT molecular complexity index is 1120. The van der Waals surface area contributed by atoms with E-state index >= 15 is 0 Å². The number of benzene rings is 2. The van der Waals surface area contributed by atoms with E-state index in [9.17, 15) is 13.2 Å². The normalized spacial score (nSPS) is 15.5. The minimum atomic E-state index is -3.62. The van der Waals surface area contributed by atoms with Gasteiger partial charge in [0.25, 0.3) is 5.91 Å². The first kappa shape index (κ1) is 20.2.